The Labute approximate surface area is 86.3 Å². The van der Waals surface area contributed by atoms with Crippen molar-refractivity contribution in [3.05, 3.63) is 72.4 Å². The summed E-state index contributed by atoms with van der Waals surface area (Å²) in [6.07, 6.45) is 9.09. The summed E-state index contributed by atoms with van der Waals surface area (Å²) in [5.41, 5.74) is 2.58. The van der Waals surface area contributed by atoms with Gasteiger partial charge in [0.25, 0.3) is 0 Å². The predicted molar refractivity (Wildman–Crippen MR) is 63.2 cm³/mol. The summed E-state index contributed by atoms with van der Waals surface area (Å²) in [6.45, 7) is 5.73. The van der Waals surface area contributed by atoms with Gasteiger partial charge in [0.15, 0.2) is 0 Å². The zero-order valence-electron chi connectivity index (χ0n) is 8.61. The molecule has 0 bridgehead atoms. The Morgan fingerprint density at radius 3 is 2.64 bits per heavy atom. The first-order valence-corrected chi connectivity index (χ1v) is 4.82. The van der Waals surface area contributed by atoms with Gasteiger partial charge in [0, 0.05) is 0 Å². The minimum Gasteiger partial charge on any atom is -0.0991 e. The highest BCUT2D eigenvalue weighted by molar-refractivity contribution is 5.23. The molecule has 1 aromatic rings. The van der Waals surface area contributed by atoms with Crippen LogP contribution in [0.5, 0.6) is 0 Å². The Bertz CT molecular complexity index is 328. The molecular formula is C14H16. The quantitative estimate of drug-likeness (QED) is 0.622. The van der Waals surface area contributed by atoms with E-state index in [-0.39, 0.29) is 0 Å². The van der Waals surface area contributed by atoms with Crippen molar-refractivity contribution in [3.8, 4) is 0 Å². The van der Waals surface area contributed by atoms with E-state index < -0.39 is 0 Å². The third-order valence-electron chi connectivity index (χ3n) is 1.96. The number of hydrogen-bond donors (Lipinski definition) is 0. The van der Waals surface area contributed by atoms with Crippen molar-refractivity contribution >= 4 is 0 Å². The largest absolute Gasteiger partial charge is 0.0991 e. The van der Waals surface area contributed by atoms with Crippen LogP contribution in [0.1, 0.15) is 12.5 Å². The second-order valence-corrected chi connectivity index (χ2v) is 3.24. The minimum atomic E-state index is 0.989. The molecule has 1 aromatic carbocycles. The van der Waals surface area contributed by atoms with E-state index in [0.29, 0.717) is 0 Å². The average molecular weight is 184 g/mol. The topological polar surface area (TPSA) is 0 Å². The van der Waals surface area contributed by atoms with E-state index in [1.165, 1.54) is 11.1 Å². The highest BCUT2D eigenvalue weighted by atomic mass is 13.9. The van der Waals surface area contributed by atoms with Gasteiger partial charge in [-0.15, -0.1) is 0 Å². The zero-order valence-corrected chi connectivity index (χ0v) is 8.61. The van der Waals surface area contributed by atoms with Gasteiger partial charge in [0.1, 0.15) is 0 Å². The second kappa shape index (κ2) is 5.98. The Morgan fingerprint density at radius 2 is 2.00 bits per heavy atom. The van der Waals surface area contributed by atoms with Crippen molar-refractivity contribution in [2.24, 2.45) is 0 Å². The molecule has 0 nitrogen and oxygen atoms in total. The maximum absolute atomic E-state index is 3.66. The van der Waals surface area contributed by atoms with Gasteiger partial charge in [-0.25, -0.2) is 0 Å². The summed E-state index contributed by atoms with van der Waals surface area (Å²) in [6, 6.07) is 10.4. The van der Waals surface area contributed by atoms with Crippen LogP contribution in [-0.4, -0.2) is 0 Å². The number of hydrogen-bond acceptors (Lipinski definition) is 0. The second-order valence-electron chi connectivity index (χ2n) is 3.24. The van der Waals surface area contributed by atoms with E-state index in [4.69, 9.17) is 0 Å². The van der Waals surface area contributed by atoms with Crippen LogP contribution in [0.4, 0.5) is 0 Å². The maximum atomic E-state index is 3.66. The molecule has 0 N–H and O–H groups in total. The molecule has 0 atom stereocenters. The Hall–Kier alpha value is -1.56. The molecule has 0 spiro atoms. The van der Waals surface area contributed by atoms with Crippen LogP contribution in [0.25, 0.3) is 0 Å². The van der Waals surface area contributed by atoms with Gasteiger partial charge in [-0.1, -0.05) is 66.8 Å². The third kappa shape index (κ3) is 3.90. The van der Waals surface area contributed by atoms with Crippen molar-refractivity contribution in [3.63, 3.8) is 0 Å². The van der Waals surface area contributed by atoms with Crippen LogP contribution in [0.2, 0.25) is 0 Å². The van der Waals surface area contributed by atoms with Gasteiger partial charge in [-0.3, -0.25) is 0 Å². The molecule has 0 aliphatic heterocycles. The van der Waals surface area contributed by atoms with Crippen LogP contribution in [0.3, 0.4) is 0 Å². The minimum absolute atomic E-state index is 0.989. The first-order chi connectivity index (χ1) is 6.83. The highest BCUT2D eigenvalue weighted by Gasteiger charge is 1.85. The lowest BCUT2D eigenvalue weighted by Crippen LogP contribution is -1.78. The average Bonchev–Trinajstić information content (AvgIpc) is 2.20. The van der Waals surface area contributed by atoms with Crippen molar-refractivity contribution in [1.82, 2.24) is 0 Å². The van der Waals surface area contributed by atoms with E-state index >= 15 is 0 Å². The van der Waals surface area contributed by atoms with Gasteiger partial charge in [0.2, 0.25) is 0 Å². The van der Waals surface area contributed by atoms with Crippen LogP contribution in [0.15, 0.2) is 66.8 Å². The Morgan fingerprint density at radius 1 is 1.29 bits per heavy atom. The predicted octanol–water partition coefficient (Wildman–Crippen LogP) is 3.92. The molecule has 0 heterocycles. The first-order valence-electron chi connectivity index (χ1n) is 4.82. The molecule has 1 rings (SSSR count). The summed E-state index contributed by atoms with van der Waals surface area (Å²) in [7, 11) is 0. The molecular weight excluding hydrogens is 168 g/mol. The fourth-order valence-electron chi connectivity index (χ4n) is 1.24. The normalized spacial score (nSPS) is 11.9. The smallest absolute Gasteiger partial charge is 0.00942 e. The van der Waals surface area contributed by atoms with E-state index in [9.17, 15) is 0 Å². The molecule has 0 aliphatic rings. The van der Waals surface area contributed by atoms with Crippen LogP contribution in [0, 0.1) is 0 Å². The van der Waals surface area contributed by atoms with Crippen molar-refractivity contribution in [2.45, 2.75) is 13.3 Å². The molecule has 0 aromatic heterocycles. The monoisotopic (exact) mass is 184 g/mol. The SMILES string of the molecule is C=C/C=C(C)/C=C/Cc1ccccc1. The highest BCUT2D eigenvalue weighted by Crippen LogP contribution is 2.02. The van der Waals surface area contributed by atoms with E-state index in [0.717, 1.165) is 6.42 Å². The fourth-order valence-corrected chi connectivity index (χ4v) is 1.24. The molecule has 14 heavy (non-hydrogen) atoms. The molecule has 0 aliphatic carbocycles. The van der Waals surface area contributed by atoms with Gasteiger partial charge in [-0.2, -0.15) is 0 Å². The van der Waals surface area contributed by atoms with Crippen molar-refractivity contribution < 1.29 is 0 Å². The Kier molecular flexibility index (Phi) is 4.49. The molecule has 72 valence electrons. The summed E-state index contributed by atoms with van der Waals surface area (Å²) < 4.78 is 0. The number of allylic oxidation sites excluding steroid dienone is 5. The van der Waals surface area contributed by atoms with Crippen LogP contribution in [-0.2, 0) is 6.42 Å². The van der Waals surface area contributed by atoms with Gasteiger partial charge < -0.3 is 0 Å². The van der Waals surface area contributed by atoms with E-state index in [1.54, 1.807) is 0 Å². The van der Waals surface area contributed by atoms with E-state index in [2.05, 4.69) is 49.9 Å². The summed E-state index contributed by atoms with van der Waals surface area (Å²) in [4.78, 5) is 0. The fraction of sp³-hybridized carbons (Fsp3) is 0.143. The number of rotatable bonds is 4. The van der Waals surface area contributed by atoms with Crippen LogP contribution < -0.4 is 0 Å². The van der Waals surface area contributed by atoms with Gasteiger partial charge in [-0.05, 0) is 18.9 Å². The van der Waals surface area contributed by atoms with Crippen molar-refractivity contribution in [2.75, 3.05) is 0 Å². The molecule has 0 heteroatoms. The van der Waals surface area contributed by atoms with Crippen molar-refractivity contribution in [1.29, 1.82) is 0 Å². The lowest BCUT2D eigenvalue weighted by atomic mass is 10.1. The maximum Gasteiger partial charge on any atom is -0.00942 e. The lowest BCUT2D eigenvalue weighted by molar-refractivity contribution is 1.26. The molecule has 0 radical (unpaired) electrons. The molecule has 0 saturated carbocycles. The summed E-state index contributed by atoms with van der Waals surface area (Å²) in [5, 5.41) is 0. The van der Waals surface area contributed by atoms with E-state index in [1.807, 2.05) is 18.2 Å². The first kappa shape index (κ1) is 10.5. The number of benzene rings is 1. The molecule has 0 unspecified atom stereocenters. The third-order valence-corrected chi connectivity index (χ3v) is 1.96. The summed E-state index contributed by atoms with van der Waals surface area (Å²) in [5.74, 6) is 0. The molecule has 0 fully saturated rings. The van der Waals surface area contributed by atoms with Crippen LogP contribution >= 0.6 is 0 Å². The summed E-state index contributed by atoms with van der Waals surface area (Å²) >= 11 is 0. The van der Waals surface area contributed by atoms with Gasteiger partial charge in [0.05, 0.1) is 0 Å². The Balaban J connectivity index is 2.49. The standard InChI is InChI=1S/C14H16/c1-3-8-13(2)9-7-12-14-10-5-4-6-11-14/h3-11H,1,12H2,2H3/b9-7+,13-8+. The molecule has 0 saturated heterocycles. The lowest BCUT2D eigenvalue weighted by Gasteiger charge is -1.94. The molecule has 0 amide bonds. The zero-order chi connectivity index (χ0) is 10.2. The van der Waals surface area contributed by atoms with Gasteiger partial charge >= 0.3 is 0 Å².